The Morgan fingerprint density at radius 1 is 1.16 bits per heavy atom. The van der Waals surface area contributed by atoms with Gasteiger partial charge >= 0.3 is 0 Å². The average Bonchev–Trinajstić information content (AvgIpc) is 3.35. The summed E-state index contributed by atoms with van der Waals surface area (Å²) in [5.41, 5.74) is 0.201. The fourth-order valence-corrected chi connectivity index (χ4v) is 3.62. The average molecular weight is 423 g/mol. The minimum absolute atomic E-state index is 0.0134. The summed E-state index contributed by atoms with van der Waals surface area (Å²) in [5.74, 6) is -2.70. The van der Waals surface area contributed by atoms with Crippen LogP contribution in [0.15, 0.2) is 70.9 Å². The topological polar surface area (TPSA) is 100 Å². The van der Waals surface area contributed by atoms with E-state index in [4.69, 9.17) is 9.15 Å². The second-order valence-corrected chi connectivity index (χ2v) is 6.95. The highest BCUT2D eigenvalue weighted by atomic mass is 19.1. The molecule has 0 spiro atoms. The van der Waals surface area contributed by atoms with Crippen molar-refractivity contribution in [3.63, 3.8) is 0 Å². The number of hydrogen-bond acceptors (Lipinski definition) is 6. The van der Waals surface area contributed by atoms with Gasteiger partial charge in [-0.2, -0.15) is 0 Å². The predicted molar refractivity (Wildman–Crippen MR) is 108 cm³/mol. The maximum Gasteiger partial charge on any atom is 0.296 e. The molecule has 1 amide bonds. The Hall–Kier alpha value is -4.07. The molecule has 1 aliphatic rings. The summed E-state index contributed by atoms with van der Waals surface area (Å²) in [6.45, 7) is -0.0361. The number of methoxy groups -OCH3 is 1. The summed E-state index contributed by atoms with van der Waals surface area (Å²) in [6.07, 6.45) is 1.44. The number of ether oxygens (including phenoxy) is 1. The van der Waals surface area contributed by atoms with E-state index in [1.54, 1.807) is 24.3 Å². The Morgan fingerprint density at radius 3 is 2.61 bits per heavy atom. The lowest BCUT2D eigenvalue weighted by Gasteiger charge is -2.24. The number of phenolic OH excluding ortho intramolecular Hbond substituents is 1. The number of ketones is 1. The lowest BCUT2D eigenvalue weighted by Crippen LogP contribution is -2.29. The predicted octanol–water partition coefficient (Wildman–Crippen LogP) is 3.75. The van der Waals surface area contributed by atoms with Crippen LogP contribution in [0.3, 0.4) is 0 Å². The van der Waals surface area contributed by atoms with Gasteiger partial charge in [0.1, 0.15) is 17.3 Å². The number of nitrogens with zero attached hydrogens (tertiary/aromatic N) is 1. The van der Waals surface area contributed by atoms with Crippen molar-refractivity contribution in [1.82, 2.24) is 4.90 Å². The number of aliphatic hydroxyl groups excluding tert-OH is 1. The van der Waals surface area contributed by atoms with Crippen molar-refractivity contribution in [1.29, 1.82) is 0 Å². The van der Waals surface area contributed by atoms with Crippen molar-refractivity contribution in [3.05, 3.63) is 89.1 Å². The molecule has 1 fully saturated rings. The number of Topliss-reactive ketones (excluding diaryl/α,β-unsaturated/α-hetero) is 1. The van der Waals surface area contributed by atoms with E-state index >= 15 is 0 Å². The van der Waals surface area contributed by atoms with Crippen LogP contribution in [0.2, 0.25) is 0 Å². The van der Waals surface area contributed by atoms with Crippen LogP contribution in [0.4, 0.5) is 4.39 Å². The van der Waals surface area contributed by atoms with E-state index in [9.17, 15) is 24.2 Å². The molecule has 2 N–H and O–H groups in total. The molecule has 2 aromatic carbocycles. The van der Waals surface area contributed by atoms with Gasteiger partial charge in [-0.15, -0.1) is 0 Å². The molecule has 8 heteroatoms. The Bertz CT molecular complexity index is 1180. The van der Waals surface area contributed by atoms with Crippen molar-refractivity contribution in [2.75, 3.05) is 7.11 Å². The van der Waals surface area contributed by atoms with Crippen LogP contribution in [0.1, 0.15) is 22.9 Å². The molecule has 0 aliphatic carbocycles. The summed E-state index contributed by atoms with van der Waals surface area (Å²) < 4.78 is 24.4. The van der Waals surface area contributed by atoms with Gasteiger partial charge in [0, 0.05) is 5.56 Å². The molecule has 2 heterocycles. The molecule has 3 aromatic rings. The van der Waals surface area contributed by atoms with Gasteiger partial charge in [0.05, 0.1) is 31.5 Å². The molecule has 0 unspecified atom stereocenters. The Balaban J connectivity index is 1.87. The largest absolute Gasteiger partial charge is 0.508 e. The van der Waals surface area contributed by atoms with Gasteiger partial charge in [0.15, 0.2) is 11.6 Å². The normalized spacial score (nSPS) is 17.9. The van der Waals surface area contributed by atoms with E-state index in [1.165, 1.54) is 42.5 Å². The van der Waals surface area contributed by atoms with E-state index in [-0.39, 0.29) is 29.2 Å². The Labute approximate surface area is 176 Å². The van der Waals surface area contributed by atoms with Gasteiger partial charge in [0.25, 0.3) is 11.7 Å². The van der Waals surface area contributed by atoms with Crippen LogP contribution >= 0.6 is 0 Å². The number of halogens is 1. The standard InChI is InChI=1S/C23H18FNO6/c1-30-18-8-7-14(11-17(18)24)21(27)19-20(13-4-2-5-15(26)10-13)25(23(29)22(19)28)12-16-6-3-9-31-16/h2-11,20,26-27H,12H2,1H3/t20-/m0/s1. The summed E-state index contributed by atoms with van der Waals surface area (Å²) in [6, 6.07) is 12.0. The first-order valence-corrected chi connectivity index (χ1v) is 9.34. The number of carbonyl (C=O) groups excluding carboxylic acids is 2. The number of hydrogen-bond donors (Lipinski definition) is 2. The molecule has 1 aliphatic heterocycles. The first kappa shape index (κ1) is 20.2. The van der Waals surface area contributed by atoms with Gasteiger partial charge in [-0.1, -0.05) is 12.1 Å². The molecule has 0 bridgehead atoms. The van der Waals surface area contributed by atoms with Crippen LogP contribution < -0.4 is 4.74 Å². The van der Waals surface area contributed by atoms with Crippen molar-refractivity contribution in [3.8, 4) is 11.5 Å². The maximum atomic E-state index is 14.2. The van der Waals surface area contributed by atoms with Crippen LogP contribution in [-0.2, 0) is 16.1 Å². The van der Waals surface area contributed by atoms with E-state index < -0.39 is 29.3 Å². The van der Waals surface area contributed by atoms with Gasteiger partial charge in [-0.25, -0.2) is 4.39 Å². The first-order valence-electron chi connectivity index (χ1n) is 9.34. The highest BCUT2D eigenvalue weighted by Crippen LogP contribution is 2.41. The Kier molecular flexibility index (Phi) is 5.21. The molecule has 31 heavy (non-hydrogen) atoms. The molecule has 0 radical (unpaired) electrons. The number of amides is 1. The zero-order valence-electron chi connectivity index (χ0n) is 16.4. The monoisotopic (exact) mass is 423 g/mol. The SMILES string of the molecule is COc1ccc(C(O)=C2C(=O)C(=O)N(Cc3ccco3)[C@H]2c2cccc(O)c2)cc1F. The lowest BCUT2D eigenvalue weighted by molar-refractivity contribution is -0.140. The summed E-state index contributed by atoms with van der Waals surface area (Å²) >= 11 is 0. The second kappa shape index (κ2) is 7.98. The van der Waals surface area contributed by atoms with Crippen molar-refractivity contribution in [2.45, 2.75) is 12.6 Å². The van der Waals surface area contributed by atoms with Gasteiger partial charge < -0.3 is 24.3 Å². The number of furan rings is 1. The first-order chi connectivity index (χ1) is 14.9. The number of aromatic hydroxyl groups is 1. The van der Waals surface area contributed by atoms with Crippen LogP contribution in [0.25, 0.3) is 5.76 Å². The highest BCUT2D eigenvalue weighted by molar-refractivity contribution is 6.46. The molecule has 1 aromatic heterocycles. The maximum absolute atomic E-state index is 14.2. The highest BCUT2D eigenvalue weighted by Gasteiger charge is 2.46. The van der Waals surface area contributed by atoms with E-state index in [2.05, 4.69) is 0 Å². The zero-order chi connectivity index (χ0) is 22.1. The molecule has 1 atom stereocenters. The van der Waals surface area contributed by atoms with E-state index in [0.717, 1.165) is 6.07 Å². The molecular formula is C23H18FNO6. The van der Waals surface area contributed by atoms with E-state index in [1.807, 2.05) is 0 Å². The minimum Gasteiger partial charge on any atom is -0.508 e. The van der Waals surface area contributed by atoms with E-state index in [0.29, 0.717) is 11.3 Å². The third-order valence-electron chi connectivity index (χ3n) is 5.06. The van der Waals surface area contributed by atoms with Crippen LogP contribution in [-0.4, -0.2) is 33.9 Å². The van der Waals surface area contributed by atoms with Crippen molar-refractivity contribution < 1.29 is 33.3 Å². The van der Waals surface area contributed by atoms with Crippen molar-refractivity contribution >= 4 is 17.4 Å². The van der Waals surface area contributed by atoms with Crippen LogP contribution in [0.5, 0.6) is 11.5 Å². The summed E-state index contributed by atoms with van der Waals surface area (Å²) in [5, 5.41) is 20.9. The minimum atomic E-state index is -1.01. The lowest BCUT2D eigenvalue weighted by atomic mass is 9.95. The molecule has 4 rings (SSSR count). The summed E-state index contributed by atoms with van der Waals surface area (Å²) in [7, 11) is 1.31. The smallest absolute Gasteiger partial charge is 0.296 e. The molecular weight excluding hydrogens is 405 g/mol. The van der Waals surface area contributed by atoms with Gasteiger partial charge in [0.2, 0.25) is 0 Å². The fraction of sp³-hybridized carbons (Fsp3) is 0.130. The molecule has 0 saturated carbocycles. The van der Waals surface area contributed by atoms with Gasteiger partial charge in [-0.3, -0.25) is 9.59 Å². The number of benzene rings is 2. The number of aliphatic hydroxyl groups is 1. The number of phenols is 1. The molecule has 7 nitrogen and oxygen atoms in total. The summed E-state index contributed by atoms with van der Waals surface area (Å²) in [4.78, 5) is 27.0. The number of carbonyl (C=O) groups is 2. The fourth-order valence-electron chi connectivity index (χ4n) is 3.62. The molecule has 158 valence electrons. The van der Waals surface area contributed by atoms with Crippen molar-refractivity contribution in [2.24, 2.45) is 0 Å². The van der Waals surface area contributed by atoms with Crippen LogP contribution in [0, 0.1) is 5.82 Å². The second-order valence-electron chi connectivity index (χ2n) is 6.95. The number of likely N-dealkylation sites (tertiary alicyclic amines) is 1. The number of rotatable bonds is 5. The van der Waals surface area contributed by atoms with Gasteiger partial charge in [-0.05, 0) is 48.0 Å². The Morgan fingerprint density at radius 2 is 1.97 bits per heavy atom. The zero-order valence-corrected chi connectivity index (χ0v) is 16.4. The third kappa shape index (κ3) is 3.63. The molecule has 1 saturated heterocycles. The third-order valence-corrected chi connectivity index (χ3v) is 5.06. The quantitative estimate of drug-likeness (QED) is 0.368.